The van der Waals surface area contributed by atoms with E-state index in [0.717, 1.165) is 48.4 Å². The molecule has 21 heavy (non-hydrogen) atoms. The van der Waals surface area contributed by atoms with Crippen LogP contribution in [0.5, 0.6) is 0 Å². The highest BCUT2D eigenvalue weighted by atomic mass is 79.9. The van der Waals surface area contributed by atoms with Gasteiger partial charge in [0.15, 0.2) is 5.84 Å². The molecule has 1 heterocycles. The average Bonchev–Trinajstić information content (AvgIpc) is 2.46. The minimum absolute atomic E-state index is 0.155. The molecular weight excluding hydrogens is 332 g/mol. The first kappa shape index (κ1) is 16.1. The number of halogens is 1. The van der Waals surface area contributed by atoms with Crippen LogP contribution in [0.15, 0.2) is 27.8 Å². The third-order valence-electron chi connectivity index (χ3n) is 3.68. The van der Waals surface area contributed by atoms with Crippen molar-refractivity contribution in [2.24, 2.45) is 16.8 Å². The maximum Gasteiger partial charge on any atom is 0.172 e. The first-order valence-electron chi connectivity index (χ1n) is 7.26. The second-order valence-corrected chi connectivity index (χ2v) is 6.74. The Balaban J connectivity index is 2.14. The molecule has 116 valence electrons. The third kappa shape index (κ3) is 4.11. The van der Waals surface area contributed by atoms with Crippen molar-refractivity contribution in [3.8, 4) is 0 Å². The van der Waals surface area contributed by atoms with Gasteiger partial charge in [0, 0.05) is 48.4 Å². The van der Waals surface area contributed by atoms with Gasteiger partial charge in [-0.1, -0.05) is 34.9 Å². The summed E-state index contributed by atoms with van der Waals surface area (Å²) in [7, 11) is 0. The lowest BCUT2D eigenvalue weighted by atomic mass is 10.1. The average molecular weight is 355 g/mol. The van der Waals surface area contributed by atoms with Crippen LogP contribution in [0.4, 0.5) is 5.69 Å². The molecule has 0 spiro atoms. The highest BCUT2D eigenvalue weighted by Crippen LogP contribution is 2.26. The number of benzene rings is 1. The molecule has 3 N–H and O–H groups in total. The van der Waals surface area contributed by atoms with Crippen LogP contribution >= 0.6 is 15.9 Å². The van der Waals surface area contributed by atoms with E-state index >= 15 is 0 Å². The number of hydrogen-bond acceptors (Lipinski definition) is 4. The molecule has 1 fully saturated rings. The van der Waals surface area contributed by atoms with Gasteiger partial charge in [0.1, 0.15) is 0 Å². The Labute approximate surface area is 134 Å². The van der Waals surface area contributed by atoms with E-state index < -0.39 is 0 Å². The predicted molar refractivity (Wildman–Crippen MR) is 90.1 cm³/mol. The van der Waals surface area contributed by atoms with Gasteiger partial charge >= 0.3 is 0 Å². The first-order valence-corrected chi connectivity index (χ1v) is 8.05. The summed E-state index contributed by atoms with van der Waals surface area (Å²) in [5, 5.41) is 12.1. The summed E-state index contributed by atoms with van der Waals surface area (Å²) in [6, 6.07) is 5.83. The first-order chi connectivity index (χ1) is 10.0. The summed E-state index contributed by atoms with van der Waals surface area (Å²) in [5.41, 5.74) is 7.59. The fraction of sp³-hybridized carbons (Fsp3) is 0.533. The monoisotopic (exact) mass is 354 g/mol. The van der Waals surface area contributed by atoms with Crippen molar-refractivity contribution in [2.75, 3.05) is 37.6 Å². The van der Waals surface area contributed by atoms with Gasteiger partial charge in [0.2, 0.25) is 0 Å². The summed E-state index contributed by atoms with van der Waals surface area (Å²) in [4.78, 5) is 4.79. The molecule has 0 saturated carbocycles. The lowest BCUT2D eigenvalue weighted by Gasteiger charge is -2.37. The minimum atomic E-state index is 0.155. The van der Waals surface area contributed by atoms with Crippen molar-refractivity contribution in [2.45, 2.75) is 13.8 Å². The molecule has 5 nitrogen and oxygen atoms in total. The van der Waals surface area contributed by atoms with Gasteiger partial charge in [0.05, 0.1) is 0 Å². The molecule has 0 amide bonds. The molecule has 1 aromatic rings. The van der Waals surface area contributed by atoms with E-state index in [2.05, 4.69) is 44.7 Å². The zero-order chi connectivity index (χ0) is 15.4. The van der Waals surface area contributed by atoms with E-state index in [0.29, 0.717) is 5.92 Å². The van der Waals surface area contributed by atoms with Gasteiger partial charge < -0.3 is 15.8 Å². The van der Waals surface area contributed by atoms with Crippen molar-refractivity contribution >= 4 is 27.5 Å². The summed E-state index contributed by atoms with van der Waals surface area (Å²) >= 11 is 3.50. The van der Waals surface area contributed by atoms with Crippen molar-refractivity contribution in [1.82, 2.24) is 4.90 Å². The maximum absolute atomic E-state index is 8.95. The lowest BCUT2D eigenvalue weighted by Crippen LogP contribution is -2.47. The Morgan fingerprint density at radius 3 is 2.57 bits per heavy atom. The molecule has 1 saturated heterocycles. The van der Waals surface area contributed by atoms with Gasteiger partial charge in [-0.25, -0.2) is 0 Å². The van der Waals surface area contributed by atoms with E-state index in [1.54, 1.807) is 0 Å². The zero-order valence-electron chi connectivity index (χ0n) is 12.6. The molecule has 0 bridgehead atoms. The second kappa shape index (κ2) is 7.13. The van der Waals surface area contributed by atoms with Gasteiger partial charge in [-0.3, -0.25) is 4.90 Å². The molecule has 1 aromatic carbocycles. The van der Waals surface area contributed by atoms with E-state index in [4.69, 9.17) is 10.9 Å². The molecule has 1 aliphatic heterocycles. The number of piperazine rings is 1. The molecule has 1 aliphatic rings. The van der Waals surface area contributed by atoms with Crippen LogP contribution in [0.2, 0.25) is 0 Å². The van der Waals surface area contributed by atoms with Gasteiger partial charge in [0.25, 0.3) is 0 Å². The lowest BCUT2D eigenvalue weighted by molar-refractivity contribution is 0.231. The van der Waals surface area contributed by atoms with Crippen LogP contribution in [0, 0.1) is 5.92 Å². The smallest absolute Gasteiger partial charge is 0.172 e. The van der Waals surface area contributed by atoms with Crippen molar-refractivity contribution in [1.29, 1.82) is 0 Å². The molecule has 0 unspecified atom stereocenters. The van der Waals surface area contributed by atoms with Gasteiger partial charge in [-0.2, -0.15) is 0 Å². The summed E-state index contributed by atoms with van der Waals surface area (Å²) in [6.07, 6.45) is 0. The van der Waals surface area contributed by atoms with Crippen LogP contribution in [-0.2, 0) is 0 Å². The molecule has 0 aliphatic carbocycles. The summed E-state index contributed by atoms with van der Waals surface area (Å²) in [6.45, 7) is 9.62. The van der Waals surface area contributed by atoms with Crippen LogP contribution in [0.1, 0.15) is 19.4 Å². The predicted octanol–water partition coefficient (Wildman–Crippen LogP) is 2.32. The van der Waals surface area contributed by atoms with Gasteiger partial charge in [-0.05, 0) is 24.1 Å². The SMILES string of the molecule is CC(C)CN1CCN(c2cc(Br)ccc2/C(N)=N/O)CC1. The van der Waals surface area contributed by atoms with E-state index in [9.17, 15) is 0 Å². The van der Waals surface area contributed by atoms with Crippen LogP contribution in [0.25, 0.3) is 0 Å². The van der Waals surface area contributed by atoms with Crippen LogP contribution in [-0.4, -0.2) is 48.7 Å². The van der Waals surface area contributed by atoms with Crippen molar-refractivity contribution in [3.63, 3.8) is 0 Å². The number of amidine groups is 1. The standard InChI is InChI=1S/C15H23BrN4O/c1-11(2)10-19-5-7-20(8-6-19)14-9-12(16)3-4-13(14)15(17)18-21/h3-4,9,11,21H,5-8,10H2,1-2H3,(H2,17,18). The normalized spacial score (nSPS) is 17.5. The van der Waals surface area contributed by atoms with Crippen molar-refractivity contribution < 1.29 is 5.21 Å². The Hall–Kier alpha value is -1.27. The number of oxime groups is 1. The van der Waals surface area contributed by atoms with E-state index in [-0.39, 0.29) is 5.84 Å². The molecule has 2 rings (SSSR count). The maximum atomic E-state index is 8.95. The quantitative estimate of drug-likeness (QED) is 0.377. The Bertz CT molecular complexity index is 510. The summed E-state index contributed by atoms with van der Waals surface area (Å²) < 4.78 is 0.997. The molecule has 0 radical (unpaired) electrons. The second-order valence-electron chi connectivity index (χ2n) is 5.83. The largest absolute Gasteiger partial charge is 0.409 e. The molecule has 0 aromatic heterocycles. The Morgan fingerprint density at radius 1 is 1.33 bits per heavy atom. The fourth-order valence-electron chi connectivity index (χ4n) is 2.72. The fourth-order valence-corrected chi connectivity index (χ4v) is 3.07. The number of anilines is 1. The topological polar surface area (TPSA) is 65.1 Å². The highest BCUT2D eigenvalue weighted by Gasteiger charge is 2.21. The van der Waals surface area contributed by atoms with Crippen LogP contribution < -0.4 is 10.6 Å². The number of rotatable bonds is 4. The molecule has 0 atom stereocenters. The van der Waals surface area contributed by atoms with Crippen molar-refractivity contribution in [3.05, 3.63) is 28.2 Å². The Kier molecular flexibility index (Phi) is 5.47. The van der Waals surface area contributed by atoms with E-state index in [1.807, 2.05) is 18.2 Å². The van der Waals surface area contributed by atoms with E-state index in [1.165, 1.54) is 0 Å². The minimum Gasteiger partial charge on any atom is -0.409 e. The summed E-state index contributed by atoms with van der Waals surface area (Å²) in [5.74, 6) is 0.845. The number of nitrogens with zero attached hydrogens (tertiary/aromatic N) is 3. The molecular formula is C15H23BrN4O. The highest BCUT2D eigenvalue weighted by molar-refractivity contribution is 9.10. The zero-order valence-corrected chi connectivity index (χ0v) is 14.2. The Morgan fingerprint density at radius 2 is 2.00 bits per heavy atom. The number of nitrogens with two attached hydrogens (primary N) is 1. The number of hydrogen-bond donors (Lipinski definition) is 2. The van der Waals surface area contributed by atoms with Crippen LogP contribution in [0.3, 0.4) is 0 Å². The molecule has 6 heteroatoms. The third-order valence-corrected chi connectivity index (χ3v) is 4.17. The van der Waals surface area contributed by atoms with Gasteiger partial charge in [-0.15, -0.1) is 0 Å².